The van der Waals surface area contributed by atoms with E-state index in [4.69, 9.17) is 5.73 Å². The van der Waals surface area contributed by atoms with Gasteiger partial charge in [0.25, 0.3) is 0 Å². The lowest BCUT2D eigenvalue weighted by Crippen LogP contribution is -2.38. The minimum Gasteiger partial charge on any atom is -0.330 e. The van der Waals surface area contributed by atoms with Gasteiger partial charge in [0, 0.05) is 0 Å². The molecule has 0 aromatic rings. The van der Waals surface area contributed by atoms with Gasteiger partial charge in [0.15, 0.2) is 0 Å². The summed E-state index contributed by atoms with van der Waals surface area (Å²) < 4.78 is 0. The van der Waals surface area contributed by atoms with Crippen LogP contribution in [0.2, 0.25) is 0 Å². The molecular weight excluding hydrogens is 134 g/mol. The minimum atomic E-state index is 0.437. The molecule has 0 unspecified atom stereocenters. The highest BCUT2D eigenvalue weighted by Crippen LogP contribution is 2.41. The molecule has 3 atom stereocenters. The van der Waals surface area contributed by atoms with Gasteiger partial charge in [0.1, 0.15) is 0 Å². The summed E-state index contributed by atoms with van der Waals surface area (Å²) in [7, 11) is 0. The quantitative estimate of drug-likeness (QED) is 0.618. The normalized spacial score (nSPS) is 45.8. The molecule has 0 aliphatic heterocycles. The highest BCUT2D eigenvalue weighted by Gasteiger charge is 2.34. The summed E-state index contributed by atoms with van der Waals surface area (Å²) in [5.41, 5.74) is 6.21. The van der Waals surface area contributed by atoms with Crippen molar-refractivity contribution in [2.45, 2.75) is 40.0 Å². The standard InChI is InChI=1S/C10H21N/c1-8-4-5-10(3,7-11)9(2)6-8/h8-9H,4-7,11H2,1-3H3/t8-,9-,10-/m1/s1. The maximum atomic E-state index is 5.77. The van der Waals surface area contributed by atoms with Crippen LogP contribution in [0.5, 0.6) is 0 Å². The molecule has 1 aliphatic rings. The van der Waals surface area contributed by atoms with Crippen molar-refractivity contribution in [1.82, 2.24) is 0 Å². The highest BCUT2D eigenvalue weighted by molar-refractivity contribution is 4.86. The van der Waals surface area contributed by atoms with E-state index in [0.29, 0.717) is 5.41 Å². The number of hydrogen-bond acceptors (Lipinski definition) is 1. The lowest BCUT2D eigenvalue weighted by molar-refractivity contribution is 0.108. The van der Waals surface area contributed by atoms with E-state index in [0.717, 1.165) is 18.4 Å². The highest BCUT2D eigenvalue weighted by atomic mass is 14.6. The summed E-state index contributed by atoms with van der Waals surface area (Å²) >= 11 is 0. The van der Waals surface area contributed by atoms with Gasteiger partial charge in [-0.3, -0.25) is 0 Å². The van der Waals surface area contributed by atoms with Crippen molar-refractivity contribution in [3.63, 3.8) is 0 Å². The Morgan fingerprint density at radius 3 is 2.55 bits per heavy atom. The van der Waals surface area contributed by atoms with Crippen LogP contribution in [-0.2, 0) is 0 Å². The third-order valence-electron chi connectivity index (χ3n) is 3.62. The fourth-order valence-corrected chi connectivity index (χ4v) is 2.13. The predicted octanol–water partition coefficient (Wildman–Crippen LogP) is 2.41. The third kappa shape index (κ3) is 1.76. The minimum absolute atomic E-state index is 0.437. The maximum Gasteiger partial charge on any atom is -0.00206 e. The van der Waals surface area contributed by atoms with Gasteiger partial charge in [-0.05, 0) is 36.6 Å². The van der Waals surface area contributed by atoms with Crippen molar-refractivity contribution in [2.24, 2.45) is 23.0 Å². The Labute approximate surface area is 70.4 Å². The zero-order valence-corrected chi connectivity index (χ0v) is 8.06. The molecule has 1 rings (SSSR count). The van der Waals surface area contributed by atoms with Crippen LogP contribution in [0.15, 0.2) is 0 Å². The second kappa shape index (κ2) is 3.14. The largest absolute Gasteiger partial charge is 0.330 e. The molecule has 0 amide bonds. The van der Waals surface area contributed by atoms with Crippen molar-refractivity contribution in [1.29, 1.82) is 0 Å². The zero-order valence-electron chi connectivity index (χ0n) is 8.06. The van der Waals surface area contributed by atoms with Crippen LogP contribution in [0.4, 0.5) is 0 Å². The van der Waals surface area contributed by atoms with E-state index in [9.17, 15) is 0 Å². The molecule has 2 N–H and O–H groups in total. The summed E-state index contributed by atoms with van der Waals surface area (Å²) in [6.07, 6.45) is 4.07. The molecule has 1 nitrogen and oxygen atoms in total. The Morgan fingerprint density at radius 2 is 2.09 bits per heavy atom. The molecule has 1 saturated carbocycles. The first-order valence-corrected chi connectivity index (χ1v) is 4.78. The van der Waals surface area contributed by atoms with E-state index in [1.165, 1.54) is 19.3 Å². The Balaban J connectivity index is 2.56. The first-order valence-electron chi connectivity index (χ1n) is 4.78. The second-order valence-electron chi connectivity index (χ2n) is 4.64. The van der Waals surface area contributed by atoms with E-state index >= 15 is 0 Å². The van der Waals surface area contributed by atoms with Crippen LogP contribution in [0.25, 0.3) is 0 Å². The van der Waals surface area contributed by atoms with Crippen molar-refractivity contribution >= 4 is 0 Å². The van der Waals surface area contributed by atoms with Gasteiger partial charge in [-0.1, -0.05) is 27.2 Å². The van der Waals surface area contributed by atoms with E-state index in [1.807, 2.05) is 0 Å². The average molecular weight is 155 g/mol. The van der Waals surface area contributed by atoms with E-state index in [2.05, 4.69) is 20.8 Å². The predicted molar refractivity (Wildman–Crippen MR) is 49.3 cm³/mol. The third-order valence-corrected chi connectivity index (χ3v) is 3.62. The summed E-state index contributed by atoms with van der Waals surface area (Å²) in [5.74, 6) is 1.74. The smallest absolute Gasteiger partial charge is 0.00206 e. The average Bonchev–Trinajstić information content (AvgIpc) is 1.98. The molecule has 1 fully saturated rings. The van der Waals surface area contributed by atoms with Crippen LogP contribution < -0.4 is 5.73 Å². The molecule has 0 aromatic heterocycles. The Kier molecular flexibility index (Phi) is 2.58. The number of rotatable bonds is 1. The second-order valence-corrected chi connectivity index (χ2v) is 4.64. The summed E-state index contributed by atoms with van der Waals surface area (Å²) in [4.78, 5) is 0. The number of nitrogens with two attached hydrogens (primary N) is 1. The number of hydrogen-bond donors (Lipinski definition) is 1. The first-order chi connectivity index (χ1) is 5.08. The van der Waals surface area contributed by atoms with Crippen LogP contribution in [0.3, 0.4) is 0 Å². The molecule has 1 aliphatic carbocycles. The molecule has 66 valence electrons. The molecule has 0 spiro atoms. The van der Waals surface area contributed by atoms with Gasteiger partial charge in [-0.15, -0.1) is 0 Å². The van der Waals surface area contributed by atoms with E-state index in [-0.39, 0.29) is 0 Å². The Morgan fingerprint density at radius 1 is 1.45 bits per heavy atom. The molecule has 11 heavy (non-hydrogen) atoms. The molecule has 1 heteroatoms. The van der Waals surface area contributed by atoms with Crippen LogP contribution in [0.1, 0.15) is 40.0 Å². The van der Waals surface area contributed by atoms with Crippen molar-refractivity contribution in [3.8, 4) is 0 Å². The Hall–Kier alpha value is -0.0400. The van der Waals surface area contributed by atoms with Crippen molar-refractivity contribution < 1.29 is 0 Å². The van der Waals surface area contributed by atoms with Crippen LogP contribution in [0, 0.1) is 17.3 Å². The molecule has 0 heterocycles. The molecule has 0 radical (unpaired) electrons. The summed E-state index contributed by atoms with van der Waals surface area (Å²) in [6, 6.07) is 0. The van der Waals surface area contributed by atoms with Gasteiger partial charge < -0.3 is 5.73 Å². The van der Waals surface area contributed by atoms with E-state index in [1.54, 1.807) is 0 Å². The van der Waals surface area contributed by atoms with Crippen molar-refractivity contribution in [2.75, 3.05) is 6.54 Å². The van der Waals surface area contributed by atoms with Gasteiger partial charge >= 0.3 is 0 Å². The monoisotopic (exact) mass is 155 g/mol. The topological polar surface area (TPSA) is 26.0 Å². The first kappa shape index (κ1) is 9.05. The van der Waals surface area contributed by atoms with Crippen LogP contribution >= 0.6 is 0 Å². The SMILES string of the molecule is C[C@@H]1CC[C@](C)(CN)[C@H](C)C1. The maximum absolute atomic E-state index is 5.77. The van der Waals surface area contributed by atoms with E-state index < -0.39 is 0 Å². The molecule has 0 bridgehead atoms. The van der Waals surface area contributed by atoms with Gasteiger partial charge in [-0.25, -0.2) is 0 Å². The molecule has 0 aromatic carbocycles. The van der Waals surface area contributed by atoms with Gasteiger partial charge in [0.2, 0.25) is 0 Å². The lowest BCUT2D eigenvalue weighted by Gasteiger charge is -2.41. The molecular formula is C10H21N. The summed E-state index contributed by atoms with van der Waals surface area (Å²) in [6.45, 7) is 7.90. The fourth-order valence-electron chi connectivity index (χ4n) is 2.13. The van der Waals surface area contributed by atoms with Crippen LogP contribution in [-0.4, -0.2) is 6.54 Å². The van der Waals surface area contributed by atoms with Gasteiger partial charge in [-0.2, -0.15) is 0 Å². The zero-order chi connectivity index (χ0) is 8.48. The Bertz CT molecular complexity index is 133. The summed E-state index contributed by atoms with van der Waals surface area (Å²) in [5, 5.41) is 0. The fraction of sp³-hybridized carbons (Fsp3) is 1.00. The molecule has 0 saturated heterocycles. The van der Waals surface area contributed by atoms with Gasteiger partial charge in [0.05, 0.1) is 0 Å². The lowest BCUT2D eigenvalue weighted by atomic mass is 9.65. The van der Waals surface area contributed by atoms with Crippen molar-refractivity contribution in [3.05, 3.63) is 0 Å².